The van der Waals surface area contributed by atoms with Crippen LogP contribution < -0.4 is 5.32 Å². The molecule has 2 nitrogen and oxygen atoms in total. The molecule has 1 heterocycles. The van der Waals surface area contributed by atoms with Crippen LogP contribution in [0.1, 0.15) is 39.5 Å². The molecule has 0 spiro atoms. The summed E-state index contributed by atoms with van der Waals surface area (Å²) in [6, 6.07) is 0.535. The van der Waals surface area contributed by atoms with Crippen molar-refractivity contribution in [1.29, 1.82) is 0 Å². The Hall–Kier alpha value is -0.340. The minimum Gasteiger partial charge on any atom is -0.376 e. The summed E-state index contributed by atoms with van der Waals surface area (Å²) >= 11 is 0. The van der Waals surface area contributed by atoms with E-state index < -0.39 is 0 Å². The van der Waals surface area contributed by atoms with Gasteiger partial charge >= 0.3 is 0 Å². The van der Waals surface area contributed by atoms with Crippen molar-refractivity contribution in [3.63, 3.8) is 0 Å². The second-order valence-electron chi connectivity index (χ2n) is 4.49. The van der Waals surface area contributed by atoms with Gasteiger partial charge in [-0.05, 0) is 38.1 Å². The number of hydrogen-bond acceptors (Lipinski definition) is 2. The minimum atomic E-state index is 0.426. The fraction of sp³-hybridized carbons (Fsp3) is 0.846. The van der Waals surface area contributed by atoms with Crippen LogP contribution in [0.15, 0.2) is 12.7 Å². The van der Waals surface area contributed by atoms with Crippen molar-refractivity contribution in [2.24, 2.45) is 5.92 Å². The quantitative estimate of drug-likeness (QED) is 0.516. The van der Waals surface area contributed by atoms with Crippen LogP contribution >= 0.6 is 0 Å². The van der Waals surface area contributed by atoms with E-state index in [4.69, 9.17) is 4.74 Å². The number of rotatable bonds is 7. The van der Waals surface area contributed by atoms with Gasteiger partial charge in [-0.1, -0.05) is 19.9 Å². The number of allylic oxidation sites excluding steroid dienone is 1. The Labute approximate surface area is 94.1 Å². The van der Waals surface area contributed by atoms with Crippen LogP contribution in [0.25, 0.3) is 0 Å². The third-order valence-corrected chi connectivity index (χ3v) is 3.23. The molecule has 0 aromatic carbocycles. The van der Waals surface area contributed by atoms with Gasteiger partial charge in [0.1, 0.15) is 0 Å². The second-order valence-corrected chi connectivity index (χ2v) is 4.49. The summed E-state index contributed by atoms with van der Waals surface area (Å²) in [6.45, 7) is 10.2. The maximum Gasteiger partial charge on any atom is 0.0754 e. The van der Waals surface area contributed by atoms with Gasteiger partial charge in [0.25, 0.3) is 0 Å². The molecule has 1 aliphatic rings. The van der Waals surface area contributed by atoms with Crippen LogP contribution in [-0.4, -0.2) is 25.3 Å². The highest BCUT2D eigenvalue weighted by Gasteiger charge is 2.30. The van der Waals surface area contributed by atoms with E-state index in [1.54, 1.807) is 0 Å². The Balaban J connectivity index is 2.37. The van der Waals surface area contributed by atoms with E-state index in [2.05, 4.69) is 25.7 Å². The van der Waals surface area contributed by atoms with Crippen LogP contribution in [0.4, 0.5) is 0 Å². The van der Waals surface area contributed by atoms with Gasteiger partial charge in [0.05, 0.1) is 6.10 Å². The van der Waals surface area contributed by atoms with E-state index in [1.807, 2.05) is 6.08 Å². The first kappa shape index (κ1) is 12.7. The van der Waals surface area contributed by atoms with Gasteiger partial charge in [-0.3, -0.25) is 0 Å². The highest BCUT2D eigenvalue weighted by molar-refractivity contribution is 4.85. The predicted octanol–water partition coefficient (Wildman–Crippen LogP) is 2.75. The van der Waals surface area contributed by atoms with Gasteiger partial charge < -0.3 is 10.1 Å². The Morgan fingerprint density at radius 1 is 1.60 bits per heavy atom. The summed E-state index contributed by atoms with van der Waals surface area (Å²) in [5, 5.41) is 3.55. The van der Waals surface area contributed by atoms with Gasteiger partial charge in [-0.15, -0.1) is 6.58 Å². The van der Waals surface area contributed by atoms with Gasteiger partial charge in [0.15, 0.2) is 0 Å². The molecule has 0 aliphatic carbocycles. The lowest BCUT2D eigenvalue weighted by atomic mass is 9.94. The molecule has 1 aliphatic heterocycles. The van der Waals surface area contributed by atoms with Crippen LogP contribution in [0, 0.1) is 5.92 Å². The van der Waals surface area contributed by atoms with E-state index in [0.29, 0.717) is 18.1 Å². The molecule has 0 bridgehead atoms. The third-order valence-electron chi connectivity index (χ3n) is 3.23. The van der Waals surface area contributed by atoms with Crippen LogP contribution in [0.3, 0.4) is 0 Å². The van der Waals surface area contributed by atoms with E-state index >= 15 is 0 Å². The third kappa shape index (κ3) is 3.96. The summed E-state index contributed by atoms with van der Waals surface area (Å²) in [7, 11) is 0. The molecule has 1 N–H and O–H groups in total. The molecule has 0 aromatic rings. The summed E-state index contributed by atoms with van der Waals surface area (Å²) in [5.74, 6) is 0.706. The van der Waals surface area contributed by atoms with Crippen LogP contribution in [-0.2, 0) is 4.74 Å². The molecular formula is C13H25NO. The maximum absolute atomic E-state index is 5.82. The molecule has 3 atom stereocenters. The molecule has 2 heteroatoms. The number of nitrogens with one attached hydrogen (secondary N) is 1. The van der Waals surface area contributed by atoms with Crippen molar-refractivity contribution in [2.75, 3.05) is 13.2 Å². The minimum absolute atomic E-state index is 0.426. The fourth-order valence-corrected chi connectivity index (χ4v) is 2.36. The number of unbranched alkanes of at least 4 members (excludes halogenated alkanes) is 1. The van der Waals surface area contributed by atoms with Crippen molar-refractivity contribution in [2.45, 2.75) is 51.7 Å². The zero-order valence-electron chi connectivity index (χ0n) is 10.2. The van der Waals surface area contributed by atoms with E-state index in [9.17, 15) is 0 Å². The summed E-state index contributed by atoms with van der Waals surface area (Å²) in [6.07, 6.45) is 7.18. The van der Waals surface area contributed by atoms with Gasteiger partial charge in [-0.2, -0.15) is 0 Å². The SMILES string of the molecule is C=CCCCC(NCC)C1OCCC1C. The van der Waals surface area contributed by atoms with Crippen molar-refractivity contribution >= 4 is 0 Å². The monoisotopic (exact) mass is 211 g/mol. The lowest BCUT2D eigenvalue weighted by Crippen LogP contribution is -2.42. The summed E-state index contributed by atoms with van der Waals surface area (Å²) in [5.41, 5.74) is 0. The number of ether oxygens (including phenoxy) is 1. The standard InChI is InChI=1S/C13H25NO/c1-4-6-7-8-12(14-5-2)13-11(3)9-10-15-13/h4,11-14H,1,5-10H2,2-3H3. The molecule has 3 unspecified atom stereocenters. The Kier molecular flexibility index (Phi) is 5.96. The normalized spacial score (nSPS) is 27.9. The molecule has 88 valence electrons. The summed E-state index contributed by atoms with van der Waals surface area (Å²) < 4.78 is 5.82. The molecule has 1 fully saturated rings. The van der Waals surface area contributed by atoms with Gasteiger partial charge in [0, 0.05) is 12.6 Å². The topological polar surface area (TPSA) is 21.3 Å². The average Bonchev–Trinajstić information content (AvgIpc) is 2.64. The summed E-state index contributed by atoms with van der Waals surface area (Å²) in [4.78, 5) is 0. The Morgan fingerprint density at radius 3 is 2.93 bits per heavy atom. The predicted molar refractivity (Wildman–Crippen MR) is 65.0 cm³/mol. The van der Waals surface area contributed by atoms with E-state index in [-0.39, 0.29) is 0 Å². The maximum atomic E-state index is 5.82. The van der Waals surface area contributed by atoms with Crippen molar-refractivity contribution in [3.05, 3.63) is 12.7 Å². The highest BCUT2D eigenvalue weighted by atomic mass is 16.5. The smallest absolute Gasteiger partial charge is 0.0754 e. The largest absolute Gasteiger partial charge is 0.376 e. The lowest BCUT2D eigenvalue weighted by molar-refractivity contribution is 0.0582. The van der Waals surface area contributed by atoms with Crippen molar-refractivity contribution < 1.29 is 4.74 Å². The van der Waals surface area contributed by atoms with Crippen LogP contribution in [0.2, 0.25) is 0 Å². The molecule has 0 radical (unpaired) electrons. The fourth-order valence-electron chi connectivity index (χ4n) is 2.36. The molecule has 0 amide bonds. The first-order valence-electron chi connectivity index (χ1n) is 6.25. The lowest BCUT2D eigenvalue weighted by Gasteiger charge is -2.26. The average molecular weight is 211 g/mol. The molecule has 1 rings (SSSR count). The van der Waals surface area contributed by atoms with Gasteiger partial charge in [0.2, 0.25) is 0 Å². The highest BCUT2D eigenvalue weighted by Crippen LogP contribution is 2.25. The molecule has 15 heavy (non-hydrogen) atoms. The number of hydrogen-bond donors (Lipinski definition) is 1. The number of likely N-dealkylation sites (N-methyl/N-ethyl adjacent to an activating group) is 1. The Bertz CT molecular complexity index is 181. The Morgan fingerprint density at radius 2 is 2.40 bits per heavy atom. The van der Waals surface area contributed by atoms with Crippen molar-refractivity contribution in [3.8, 4) is 0 Å². The second kappa shape index (κ2) is 7.02. The van der Waals surface area contributed by atoms with E-state index in [0.717, 1.165) is 19.6 Å². The molecule has 0 saturated carbocycles. The van der Waals surface area contributed by atoms with E-state index in [1.165, 1.54) is 19.3 Å². The molecule has 0 aromatic heterocycles. The first-order chi connectivity index (χ1) is 7.29. The molecular weight excluding hydrogens is 186 g/mol. The zero-order valence-corrected chi connectivity index (χ0v) is 10.2. The van der Waals surface area contributed by atoms with Crippen LogP contribution in [0.5, 0.6) is 0 Å². The zero-order chi connectivity index (χ0) is 11.1. The van der Waals surface area contributed by atoms with Gasteiger partial charge in [-0.25, -0.2) is 0 Å². The van der Waals surface area contributed by atoms with Crippen molar-refractivity contribution in [1.82, 2.24) is 5.32 Å². The first-order valence-corrected chi connectivity index (χ1v) is 6.25. The molecule has 1 saturated heterocycles.